The fraction of sp³-hybridized carbons (Fsp3) is 0.625. The minimum Gasteiger partial charge on any atom is -0.382 e. The Morgan fingerprint density at radius 2 is 2.00 bits per heavy atom. The smallest absolute Gasteiger partial charge is 0.0374 e. The third-order valence-electron chi connectivity index (χ3n) is 4.35. The lowest BCUT2D eigenvalue weighted by Crippen LogP contribution is -2.48. The number of aryl methyl sites for hydroxylation is 1. The molecule has 100 valence electrons. The van der Waals surface area contributed by atoms with Crippen LogP contribution in [0.25, 0.3) is 0 Å². The summed E-state index contributed by atoms with van der Waals surface area (Å²) in [5, 5.41) is 3.77. The molecular formula is C16H26N2. The fourth-order valence-corrected chi connectivity index (χ4v) is 2.91. The van der Waals surface area contributed by atoms with Crippen molar-refractivity contribution in [3.63, 3.8) is 0 Å². The van der Waals surface area contributed by atoms with Crippen molar-refractivity contribution in [1.82, 2.24) is 4.90 Å². The van der Waals surface area contributed by atoms with Gasteiger partial charge in [0.25, 0.3) is 0 Å². The third-order valence-corrected chi connectivity index (χ3v) is 4.35. The van der Waals surface area contributed by atoms with E-state index in [1.807, 2.05) is 0 Å². The summed E-state index contributed by atoms with van der Waals surface area (Å²) in [5.41, 5.74) is 2.75. The van der Waals surface area contributed by atoms with Gasteiger partial charge in [0.2, 0.25) is 0 Å². The fourth-order valence-electron chi connectivity index (χ4n) is 2.91. The molecule has 0 amide bonds. The molecule has 1 aliphatic rings. The van der Waals surface area contributed by atoms with Crippen molar-refractivity contribution in [3.05, 3.63) is 29.8 Å². The molecule has 1 N–H and O–H groups in total. The summed E-state index contributed by atoms with van der Waals surface area (Å²) >= 11 is 0. The zero-order valence-electron chi connectivity index (χ0n) is 12.1. The van der Waals surface area contributed by atoms with Crippen LogP contribution < -0.4 is 5.32 Å². The molecule has 1 aromatic rings. The molecule has 0 aromatic heterocycles. The van der Waals surface area contributed by atoms with Gasteiger partial charge in [-0.15, -0.1) is 0 Å². The molecule has 3 unspecified atom stereocenters. The van der Waals surface area contributed by atoms with E-state index < -0.39 is 0 Å². The van der Waals surface area contributed by atoms with E-state index in [1.165, 1.54) is 24.2 Å². The standard InChI is InChI=1S/C16H26N2/c1-5-14-8-6-7-9-15(14)17-16-10-13(3)18(4)11-12(16)2/h6-9,12-13,16-17H,5,10-11H2,1-4H3. The molecule has 1 aliphatic heterocycles. The van der Waals surface area contributed by atoms with Crippen LogP contribution >= 0.6 is 0 Å². The van der Waals surface area contributed by atoms with Crippen LogP contribution in [-0.4, -0.2) is 30.6 Å². The van der Waals surface area contributed by atoms with Crippen molar-refractivity contribution >= 4 is 5.69 Å². The van der Waals surface area contributed by atoms with Crippen molar-refractivity contribution in [3.8, 4) is 0 Å². The number of hydrogen-bond acceptors (Lipinski definition) is 2. The number of likely N-dealkylation sites (tertiary alicyclic amines) is 1. The monoisotopic (exact) mass is 246 g/mol. The van der Waals surface area contributed by atoms with E-state index in [-0.39, 0.29) is 0 Å². The Labute approximate surface area is 111 Å². The van der Waals surface area contributed by atoms with E-state index in [0.717, 1.165) is 6.42 Å². The van der Waals surface area contributed by atoms with E-state index in [9.17, 15) is 0 Å². The van der Waals surface area contributed by atoms with Gasteiger partial charge < -0.3 is 10.2 Å². The van der Waals surface area contributed by atoms with E-state index in [2.05, 4.69) is 62.3 Å². The Morgan fingerprint density at radius 1 is 1.28 bits per heavy atom. The Bertz CT molecular complexity index is 388. The Balaban J connectivity index is 2.08. The molecular weight excluding hydrogens is 220 g/mol. The van der Waals surface area contributed by atoms with Gasteiger partial charge in [0, 0.05) is 24.3 Å². The minimum absolute atomic E-state index is 0.601. The Kier molecular flexibility index (Phi) is 4.28. The summed E-state index contributed by atoms with van der Waals surface area (Å²) in [6, 6.07) is 9.98. The average molecular weight is 246 g/mol. The maximum absolute atomic E-state index is 3.77. The summed E-state index contributed by atoms with van der Waals surface area (Å²) in [7, 11) is 2.23. The SMILES string of the molecule is CCc1ccccc1NC1CC(C)N(C)CC1C. The van der Waals surface area contributed by atoms with E-state index >= 15 is 0 Å². The summed E-state index contributed by atoms with van der Waals surface area (Å²) in [6.07, 6.45) is 2.33. The van der Waals surface area contributed by atoms with Crippen LogP contribution in [0.2, 0.25) is 0 Å². The van der Waals surface area contributed by atoms with Crippen molar-refractivity contribution in [2.45, 2.75) is 45.7 Å². The highest BCUT2D eigenvalue weighted by Gasteiger charge is 2.28. The van der Waals surface area contributed by atoms with E-state index in [1.54, 1.807) is 0 Å². The average Bonchev–Trinajstić information content (AvgIpc) is 2.36. The number of piperidine rings is 1. The summed E-state index contributed by atoms with van der Waals surface area (Å²) in [4.78, 5) is 2.47. The van der Waals surface area contributed by atoms with Gasteiger partial charge in [0.15, 0.2) is 0 Å². The summed E-state index contributed by atoms with van der Waals surface area (Å²) < 4.78 is 0. The van der Waals surface area contributed by atoms with Crippen LogP contribution in [0.15, 0.2) is 24.3 Å². The normalized spacial score (nSPS) is 29.2. The molecule has 1 heterocycles. The molecule has 1 aromatic carbocycles. The zero-order valence-corrected chi connectivity index (χ0v) is 12.1. The van der Waals surface area contributed by atoms with Crippen LogP contribution in [0.4, 0.5) is 5.69 Å². The van der Waals surface area contributed by atoms with E-state index in [4.69, 9.17) is 0 Å². The van der Waals surface area contributed by atoms with Crippen molar-refractivity contribution in [2.75, 3.05) is 18.9 Å². The molecule has 1 fully saturated rings. The maximum Gasteiger partial charge on any atom is 0.0374 e. The van der Waals surface area contributed by atoms with Gasteiger partial charge in [0.1, 0.15) is 0 Å². The molecule has 0 saturated carbocycles. The predicted molar refractivity (Wildman–Crippen MR) is 79.1 cm³/mol. The van der Waals surface area contributed by atoms with Crippen molar-refractivity contribution in [1.29, 1.82) is 0 Å². The largest absolute Gasteiger partial charge is 0.382 e. The molecule has 0 spiro atoms. The molecule has 2 rings (SSSR count). The lowest BCUT2D eigenvalue weighted by atomic mass is 9.89. The number of rotatable bonds is 3. The van der Waals surface area contributed by atoms with Gasteiger partial charge >= 0.3 is 0 Å². The molecule has 3 atom stereocenters. The molecule has 1 saturated heterocycles. The minimum atomic E-state index is 0.601. The highest BCUT2D eigenvalue weighted by Crippen LogP contribution is 2.26. The first-order chi connectivity index (χ1) is 8.61. The highest BCUT2D eigenvalue weighted by atomic mass is 15.2. The second-order valence-electron chi connectivity index (χ2n) is 5.76. The maximum atomic E-state index is 3.77. The second-order valence-corrected chi connectivity index (χ2v) is 5.76. The summed E-state index contributed by atoms with van der Waals surface area (Å²) in [5.74, 6) is 0.705. The first kappa shape index (κ1) is 13.4. The quantitative estimate of drug-likeness (QED) is 0.879. The number of nitrogens with zero attached hydrogens (tertiary/aromatic N) is 1. The molecule has 0 radical (unpaired) electrons. The Hall–Kier alpha value is -1.02. The highest BCUT2D eigenvalue weighted by molar-refractivity contribution is 5.52. The molecule has 0 aliphatic carbocycles. The zero-order chi connectivity index (χ0) is 13.1. The van der Waals surface area contributed by atoms with Crippen LogP contribution in [0.1, 0.15) is 32.8 Å². The third kappa shape index (κ3) is 2.86. The number of anilines is 1. The topological polar surface area (TPSA) is 15.3 Å². The summed E-state index contributed by atoms with van der Waals surface area (Å²) in [6.45, 7) is 8.09. The van der Waals surface area contributed by atoms with Gasteiger partial charge in [-0.1, -0.05) is 32.0 Å². The number of hydrogen-bond donors (Lipinski definition) is 1. The van der Waals surface area contributed by atoms with Gasteiger partial charge in [-0.25, -0.2) is 0 Å². The molecule has 2 nitrogen and oxygen atoms in total. The Morgan fingerprint density at radius 3 is 2.72 bits per heavy atom. The number of benzene rings is 1. The van der Waals surface area contributed by atoms with Crippen LogP contribution in [0, 0.1) is 5.92 Å². The first-order valence-corrected chi connectivity index (χ1v) is 7.16. The van der Waals surface area contributed by atoms with Crippen LogP contribution in [0.5, 0.6) is 0 Å². The first-order valence-electron chi connectivity index (χ1n) is 7.16. The number of para-hydroxylation sites is 1. The molecule has 18 heavy (non-hydrogen) atoms. The van der Waals surface area contributed by atoms with Gasteiger partial charge in [-0.3, -0.25) is 0 Å². The van der Waals surface area contributed by atoms with Gasteiger partial charge in [0.05, 0.1) is 0 Å². The van der Waals surface area contributed by atoms with Crippen LogP contribution in [0.3, 0.4) is 0 Å². The van der Waals surface area contributed by atoms with Crippen LogP contribution in [-0.2, 0) is 6.42 Å². The van der Waals surface area contributed by atoms with E-state index in [0.29, 0.717) is 18.0 Å². The molecule has 2 heteroatoms. The van der Waals surface area contributed by atoms with Crippen molar-refractivity contribution < 1.29 is 0 Å². The second kappa shape index (κ2) is 5.75. The predicted octanol–water partition coefficient (Wildman–Crippen LogP) is 3.39. The molecule has 0 bridgehead atoms. The van der Waals surface area contributed by atoms with Crippen molar-refractivity contribution in [2.24, 2.45) is 5.92 Å². The lowest BCUT2D eigenvalue weighted by molar-refractivity contribution is 0.145. The van der Waals surface area contributed by atoms with Gasteiger partial charge in [-0.05, 0) is 44.4 Å². The van der Waals surface area contributed by atoms with Gasteiger partial charge in [-0.2, -0.15) is 0 Å². The number of nitrogens with one attached hydrogen (secondary N) is 1. The lowest BCUT2D eigenvalue weighted by Gasteiger charge is -2.40.